The van der Waals surface area contributed by atoms with E-state index in [9.17, 15) is 4.79 Å². The molecule has 0 aromatic carbocycles. The normalized spacial score (nSPS) is 16.6. The minimum atomic E-state index is 0.0204. The molecule has 2 rings (SSSR count). The largest absolute Gasteiger partial charge is 0.351 e. The number of hydrogen-bond acceptors (Lipinski definition) is 3. The van der Waals surface area contributed by atoms with E-state index in [1.165, 1.54) is 37.0 Å². The molecule has 0 aliphatic heterocycles. The number of carbonyl (C=O) groups is 1. The van der Waals surface area contributed by atoms with Crippen LogP contribution in [0.5, 0.6) is 0 Å². The van der Waals surface area contributed by atoms with E-state index in [0.717, 1.165) is 21.9 Å². The number of nitrogens with two attached hydrogens (primary N) is 1. The van der Waals surface area contributed by atoms with E-state index >= 15 is 0 Å². The summed E-state index contributed by atoms with van der Waals surface area (Å²) in [6, 6.07) is 1.91. The zero-order chi connectivity index (χ0) is 14.6. The van der Waals surface area contributed by atoms with Crippen LogP contribution in [0.4, 0.5) is 0 Å². The fourth-order valence-corrected chi connectivity index (χ4v) is 3.60. The van der Waals surface area contributed by atoms with Gasteiger partial charge >= 0.3 is 0 Å². The Labute approximate surface area is 124 Å². The second-order valence-electron chi connectivity index (χ2n) is 5.83. The molecule has 20 heavy (non-hydrogen) atoms. The van der Waals surface area contributed by atoms with Crippen LogP contribution in [0.2, 0.25) is 0 Å². The fourth-order valence-electron chi connectivity index (χ4n) is 2.64. The van der Waals surface area contributed by atoms with E-state index in [0.29, 0.717) is 6.54 Å². The standard InChI is InChI=1S/C16H22N2OS/c1-12-10-14(20-13(12)6-5-9-17)15(19)18-11-16(2)7-3-4-8-16/h10H,3-4,7-9,11,17H2,1-2H3,(H,18,19). The zero-order valence-electron chi connectivity index (χ0n) is 12.2. The maximum absolute atomic E-state index is 12.2. The van der Waals surface area contributed by atoms with Gasteiger partial charge in [0.15, 0.2) is 0 Å². The fraction of sp³-hybridized carbons (Fsp3) is 0.562. The molecule has 0 radical (unpaired) electrons. The van der Waals surface area contributed by atoms with Gasteiger partial charge < -0.3 is 11.1 Å². The van der Waals surface area contributed by atoms with Gasteiger partial charge in [0.05, 0.1) is 16.3 Å². The molecule has 0 bridgehead atoms. The summed E-state index contributed by atoms with van der Waals surface area (Å²) in [5, 5.41) is 3.08. The van der Waals surface area contributed by atoms with Crippen molar-refractivity contribution in [1.82, 2.24) is 5.32 Å². The molecule has 1 aromatic rings. The lowest BCUT2D eigenvalue weighted by molar-refractivity contribution is 0.0938. The molecule has 1 fully saturated rings. The van der Waals surface area contributed by atoms with E-state index in [-0.39, 0.29) is 11.3 Å². The predicted molar refractivity (Wildman–Crippen MR) is 83.9 cm³/mol. The Bertz CT molecular complexity index is 545. The minimum absolute atomic E-state index is 0.0204. The quantitative estimate of drug-likeness (QED) is 0.841. The summed E-state index contributed by atoms with van der Waals surface area (Å²) < 4.78 is 0. The molecule has 0 spiro atoms. The molecule has 108 valence electrons. The van der Waals surface area contributed by atoms with Crippen LogP contribution in [0.15, 0.2) is 6.07 Å². The number of carbonyl (C=O) groups excluding carboxylic acids is 1. The van der Waals surface area contributed by atoms with Gasteiger partial charge in [0.2, 0.25) is 0 Å². The van der Waals surface area contributed by atoms with Crippen LogP contribution in [0, 0.1) is 24.2 Å². The van der Waals surface area contributed by atoms with Crippen LogP contribution in [-0.2, 0) is 0 Å². The molecule has 1 aliphatic carbocycles. The Balaban J connectivity index is 1.99. The van der Waals surface area contributed by atoms with Crippen LogP contribution >= 0.6 is 11.3 Å². The average Bonchev–Trinajstić information content (AvgIpc) is 3.01. The van der Waals surface area contributed by atoms with Crippen LogP contribution in [0.25, 0.3) is 0 Å². The molecule has 3 N–H and O–H groups in total. The first kappa shape index (κ1) is 15.1. The summed E-state index contributed by atoms with van der Waals surface area (Å²) >= 11 is 1.45. The molecular formula is C16H22N2OS. The number of thiophene rings is 1. The predicted octanol–water partition coefficient (Wildman–Crippen LogP) is 2.68. The van der Waals surface area contributed by atoms with Crippen molar-refractivity contribution in [1.29, 1.82) is 0 Å². The lowest BCUT2D eigenvalue weighted by Gasteiger charge is -2.23. The number of amides is 1. The van der Waals surface area contributed by atoms with Crippen LogP contribution in [0.1, 0.15) is 52.7 Å². The molecule has 1 saturated carbocycles. The summed E-state index contributed by atoms with van der Waals surface area (Å²) in [6.45, 7) is 5.36. The molecule has 3 nitrogen and oxygen atoms in total. The Hall–Kier alpha value is -1.31. The first-order valence-electron chi connectivity index (χ1n) is 7.12. The summed E-state index contributed by atoms with van der Waals surface area (Å²) in [6.07, 6.45) is 4.99. The second kappa shape index (κ2) is 6.43. The smallest absolute Gasteiger partial charge is 0.261 e. The van der Waals surface area contributed by atoms with Crippen molar-refractivity contribution in [2.75, 3.05) is 13.1 Å². The maximum atomic E-state index is 12.2. The number of rotatable bonds is 3. The van der Waals surface area contributed by atoms with Gasteiger partial charge in [-0.05, 0) is 36.8 Å². The highest BCUT2D eigenvalue weighted by atomic mass is 32.1. The third kappa shape index (κ3) is 3.62. The van der Waals surface area contributed by atoms with E-state index in [4.69, 9.17) is 5.73 Å². The molecule has 1 aliphatic rings. The van der Waals surface area contributed by atoms with E-state index in [2.05, 4.69) is 24.1 Å². The van der Waals surface area contributed by atoms with Crippen molar-refractivity contribution in [3.63, 3.8) is 0 Å². The lowest BCUT2D eigenvalue weighted by Crippen LogP contribution is -2.33. The van der Waals surface area contributed by atoms with E-state index < -0.39 is 0 Å². The van der Waals surface area contributed by atoms with Crippen LogP contribution in [0.3, 0.4) is 0 Å². The van der Waals surface area contributed by atoms with E-state index in [1.54, 1.807) is 0 Å². The van der Waals surface area contributed by atoms with Crippen molar-refractivity contribution in [3.05, 3.63) is 21.4 Å². The Morgan fingerprint density at radius 1 is 1.50 bits per heavy atom. The van der Waals surface area contributed by atoms with Gasteiger partial charge in [-0.25, -0.2) is 0 Å². The summed E-state index contributed by atoms with van der Waals surface area (Å²) in [5.74, 6) is 5.87. The maximum Gasteiger partial charge on any atom is 0.261 e. The monoisotopic (exact) mass is 290 g/mol. The molecule has 1 aromatic heterocycles. The highest BCUT2D eigenvalue weighted by Crippen LogP contribution is 2.36. The van der Waals surface area contributed by atoms with E-state index in [1.807, 2.05) is 13.0 Å². The number of aryl methyl sites for hydroxylation is 1. The highest BCUT2D eigenvalue weighted by Gasteiger charge is 2.29. The summed E-state index contributed by atoms with van der Waals surface area (Å²) in [4.78, 5) is 13.9. The van der Waals surface area contributed by atoms with Crippen molar-refractivity contribution in [2.45, 2.75) is 39.5 Å². The van der Waals surface area contributed by atoms with Gasteiger partial charge in [0.25, 0.3) is 5.91 Å². The van der Waals surface area contributed by atoms with Gasteiger partial charge in [0, 0.05) is 6.54 Å². The molecule has 0 saturated heterocycles. The van der Waals surface area contributed by atoms with Crippen LogP contribution < -0.4 is 11.1 Å². The van der Waals surface area contributed by atoms with Crippen molar-refractivity contribution >= 4 is 17.2 Å². The van der Waals surface area contributed by atoms with Crippen molar-refractivity contribution in [3.8, 4) is 11.8 Å². The van der Waals surface area contributed by atoms with Crippen LogP contribution in [-0.4, -0.2) is 19.0 Å². The summed E-state index contributed by atoms with van der Waals surface area (Å²) in [7, 11) is 0. The first-order valence-corrected chi connectivity index (χ1v) is 7.93. The average molecular weight is 290 g/mol. The highest BCUT2D eigenvalue weighted by molar-refractivity contribution is 7.14. The Morgan fingerprint density at radius 2 is 2.20 bits per heavy atom. The molecule has 1 amide bonds. The van der Waals surface area contributed by atoms with Gasteiger partial charge in [-0.3, -0.25) is 4.79 Å². The third-order valence-electron chi connectivity index (χ3n) is 3.93. The molecule has 0 unspecified atom stereocenters. The molecule has 0 atom stereocenters. The second-order valence-corrected chi connectivity index (χ2v) is 6.88. The third-order valence-corrected chi connectivity index (χ3v) is 5.08. The van der Waals surface area contributed by atoms with Gasteiger partial charge in [-0.15, -0.1) is 11.3 Å². The van der Waals surface area contributed by atoms with Gasteiger partial charge in [-0.1, -0.05) is 31.6 Å². The zero-order valence-corrected chi connectivity index (χ0v) is 13.0. The van der Waals surface area contributed by atoms with Crippen molar-refractivity contribution in [2.24, 2.45) is 11.1 Å². The SMILES string of the molecule is Cc1cc(C(=O)NCC2(C)CCCC2)sc1C#CCN. The molecular weight excluding hydrogens is 268 g/mol. The van der Waals surface area contributed by atoms with Gasteiger partial charge in [0.1, 0.15) is 0 Å². The first-order chi connectivity index (χ1) is 9.54. The van der Waals surface area contributed by atoms with Crippen molar-refractivity contribution < 1.29 is 4.79 Å². The minimum Gasteiger partial charge on any atom is -0.351 e. The Morgan fingerprint density at radius 3 is 2.85 bits per heavy atom. The number of hydrogen-bond donors (Lipinski definition) is 2. The number of nitrogens with one attached hydrogen (secondary N) is 1. The molecule has 4 heteroatoms. The van der Waals surface area contributed by atoms with Gasteiger partial charge in [-0.2, -0.15) is 0 Å². The molecule has 1 heterocycles. The topological polar surface area (TPSA) is 55.1 Å². The summed E-state index contributed by atoms with van der Waals surface area (Å²) in [5.41, 5.74) is 6.71. The lowest BCUT2D eigenvalue weighted by atomic mass is 9.89. The Kier molecular flexibility index (Phi) is 4.85.